The molecule has 6 nitrogen and oxygen atoms in total. The molecule has 27 heavy (non-hydrogen) atoms. The van der Waals surface area contributed by atoms with Gasteiger partial charge >= 0.3 is 0 Å². The lowest BCUT2D eigenvalue weighted by atomic mass is 9.90. The van der Waals surface area contributed by atoms with Gasteiger partial charge in [-0.25, -0.2) is 0 Å². The Balaban J connectivity index is 0.00000182. The molecule has 0 radical (unpaired) electrons. The van der Waals surface area contributed by atoms with Crippen molar-refractivity contribution >= 4 is 42.3 Å². The number of hydrogen-bond acceptors (Lipinski definition) is 4. The molecule has 1 atom stereocenters. The zero-order chi connectivity index (χ0) is 17.9. The van der Waals surface area contributed by atoms with Gasteiger partial charge in [-0.1, -0.05) is 13.0 Å². The van der Waals surface area contributed by atoms with Gasteiger partial charge in [0.1, 0.15) is 0 Å². The van der Waals surface area contributed by atoms with Crippen LogP contribution in [-0.2, 0) is 0 Å². The SMILES string of the molecule is CC1(CN)CCN(C(=O)c2cccc(NC(=O)c3cccnc3)c2)C1.Cl.Cl. The normalized spacial score (nSPS) is 18.2. The van der Waals surface area contributed by atoms with E-state index in [2.05, 4.69) is 17.2 Å². The number of pyridine rings is 1. The van der Waals surface area contributed by atoms with Gasteiger partial charge in [0.15, 0.2) is 0 Å². The van der Waals surface area contributed by atoms with Gasteiger partial charge in [-0.2, -0.15) is 0 Å². The van der Waals surface area contributed by atoms with Gasteiger partial charge in [0, 0.05) is 36.7 Å². The number of nitrogens with two attached hydrogens (primary N) is 1. The molecule has 146 valence electrons. The molecule has 0 spiro atoms. The summed E-state index contributed by atoms with van der Waals surface area (Å²) in [6, 6.07) is 10.4. The monoisotopic (exact) mass is 410 g/mol. The molecule has 2 heterocycles. The summed E-state index contributed by atoms with van der Waals surface area (Å²) in [6.07, 6.45) is 4.02. The van der Waals surface area contributed by atoms with E-state index in [0.717, 1.165) is 6.42 Å². The number of anilines is 1. The van der Waals surface area contributed by atoms with Crippen LogP contribution in [0.3, 0.4) is 0 Å². The van der Waals surface area contributed by atoms with Gasteiger partial charge in [-0.3, -0.25) is 14.6 Å². The summed E-state index contributed by atoms with van der Waals surface area (Å²) in [7, 11) is 0. The first-order chi connectivity index (χ1) is 12.0. The van der Waals surface area contributed by atoms with Crippen molar-refractivity contribution in [3.05, 3.63) is 59.9 Å². The topological polar surface area (TPSA) is 88.3 Å². The molecule has 1 fully saturated rings. The quantitative estimate of drug-likeness (QED) is 0.810. The zero-order valence-electron chi connectivity index (χ0n) is 15.1. The van der Waals surface area contributed by atoms with Crippen LogP contribution in [-0.4, -0.2) is 41.3 Å². The Morgan fingerprint density at radius 2 is 1.96 bits per heavy atom. The third-order valence-corrected chi connectivity index (χ3v) is 4.63. The summed E-state index contributed by atoms with van der Waals surface area (Å²) in [5, 5.41) is 2.80. The number of nitrogens with one attached hydrogen (secondary N) is 1. The summed E-state index contributed by atoms with van der Waals surface area (Å²) in [6.45, 7) is 4.04. The Kier molecular flexibility index (Phi) is 8.21. The van der Waals surface area contributed by atoms with Gasteiger partial charge in [0.2, 0.25) is 0 Å². The molecule has 1 saturated heterocycles. The number of aromatic nitrogens is 1. The van der Waals surface area contributed by atoms with E-state index in [9.17, 15) is 9.59 Å². The molecule has 0 aliphatic carbocycles. The summed E-state index contributed by atoms with van der Waals surface area (Å²) in [4.78, 5) is 30.7. The molecule has 3 rings (SSSR count). The third-order valence-electron chi connectivity index (χ3n) is 4.63. The molecular weight excluding hydrogens is 387 g/mol. The van der Waals surface area contributed by atoms with Crippen LogP contribution in [0.5, 0.6) is 0 Å². The number of hydrogen-bond donors (Lipinski definition) is 2. The van der Waals surface area contributed by atoms with Gasteiger partial charge < -0.3 is 16.0 Å². The Bertz CT molecular complexity index is 788. The first-order valence-corrected chi connectivity index (χ1v) is 8.32. The van der Waals surface area contributed by atoms with Crippen LogP contribution in [0.2, 0.25) is 0 Å². The van der Waals surface area contributed by atoms with E-state index in [1.807, 2.05) is 4.90 Å². The fourth-order valence-electron chi connectivity index (χ4n) is 2.98. The van der Waals surface area contributed by atoms with Crippen LogP contribution < -0.4 is 11.1 Å². The van der Waals surface area contributed by atoms with Crippen molar-refractivity contribution < 1.29 is 9.59 Å². The van der Waals surface area contributed by atoms with Crippen molar-refractivity contribution in [2.45, 2.75) is 13.3 Å². The number of nitrogens with zero attached hydrogens (tertiary/aromatic N) is 2. The predicted octanol–water partition coefficient (Wildman–Crippen LogP) is 2.99. The number of likely N-dealkylation sites (tertiary alicyclic amines) is 1. The molecule has 1 aliphatic heterocycles. The van der Waals surface area contributed by atoms with E-state index in [1.165, 1.54) is 6.20 Å². The number of benzene rings is 1. The van der Waals surface area contributed by atoms with Crippen molar-refractivity contribution in [1.29, 1.82) is 0 Å². The average molecular weight is 411 g/mol. The largest absolute Gasteiger partial charge is 0.338 e. The fraction of sp³-hybridized carbons (Fsp3) is 0.316. The second kappa shape index (κ2) is 9.69. The van der Waals surface area contributed by atoms with E-state index >= 15 is 0 Å². The van der Waals surface area contributed by atoms with Gasteiger partial charge in [-0.05, 0) is 48.7 Å². The first-order valence-electron chi connectivity index (χ1n) is 8.32. The van der Waals surface area contributed by atoms with E-state index in [-0.39, 0.29) is 42.0 Å². The highest BCUT2D eigenvalue weighted by Gasteiger charge is 2.35. The highest BCUT2D eigenvalue weighted by Crippen LogP contribution is 2.29. The van der Waals surface area contributed by atoms with Gasteiger partial charge in [0.25, 0.3) is 11.8 Å². The van der Waals surface area contributed by atoms with Crippen molar-refractivity contribution in [1.82, 2.24) is 9.88 Å². The molecule has 0 saturated carbocycles. The van der Waals surface area contributed by atoms with Crippen LogP contribution in [0.25, 0.3) is 0 Å². The molecule has 2 amide bonds. The Labute approximate surface area is 171 Å². The Morgan fingerprint density at radius 3 is 2.59 bits per heavy atom. The minimum atomic E-state index is -0.255. The van der Waals surface area contributed by atoms with Crippen molar-refractivity contribution in [3.8, 4) is 0 Å². The van der Waals surface area contributed by atoms with Crippen LogP contribution in [0.15, 0.2) is 48.8 Å². The van der Waals surface area contributed by atoms with Gasteiger partial charge in [0.05, 0.1) is 5.56 Å². The highest BCUT2D eigenvalue weighted by molar-refractivity contribution is 6.05. The number of amides is 2. The van der Waals surface area contributed by atoms with Crippen LogP contribution in [0, 0.1) is 5.41 Å². The maximum atomic E-state index is 12.7. The maximum absolute atomic E-state index is 12.7. The minimum Gasteiger partial charge on any atom is -0.338 e. The lowest BCUT2D eigenvalue weighted by Gasteiger charge is -2.22. The smallest absolute Gasteiger partial charge is 0.257 e. The fourth-order valence-corrected chi connectivity index (χ4v) is 2.98. The lowest BCUT2D eigenvalue weighted by molar-refractivity contribution is 0.0776. The minimum absolute atomic E-state index is 0. The standard InChI is InChI=1S/C19H22N4O2.2ClH/c1-19(12-20)7-9-23(13-19)18(25)14-4-2-6-16(10-14)22-17(24)15-5-3-8-21-11-15;;/h2-6,8,10-11H,7,9,12-13,20H2,1H3,(H,22,24);2*1H. The predicted molar refractivity (Wildman–Crippen MR) is 111 cm³/mol. The Morgan fingerprint density at radius 1 is 1.22 bits per heavy atom. The van der Waals surface area contributed by atoms with Crippen LogP contribution in [0.1, 0.15) is 34.1 Å². The third kappa shape index (κ3) is 5.42. The molecule has 2 aromatic rings. The van der Waals surface area contributed by atoms with Crippen molar-refractivity contribution in [2.24, 2.45) is 11.1 Å². The number of rotatable bonds is 4. The number of carbonyl (C=O) groups is 2. The van der Waals surface area contributed by atoms with Gasteiger partial charge in [-0.15, -0.1) is 24.8 Å². The zero-order valence-corrected chi connectivity index (χ0v) is 16.7. The van der Waals surface area contributed by atoms with E-state index in [0.29, 0.717) is 36.4 Å². The molecule has 3 N–H and O–H groups in total. The van der Waals surface area contributed by atoms with Crippen LogP contribution in [0.4, 0.5) is 5.69 Å². The summed E-state index contributed by atoms with van der Waals surface area (Å²) >= 11 is 0. The summed E-state index contributed by atoms with van der Waals surface area (Å²) in [5.41, 5.74) is 7.41. The van der Waals surface area contributed by atoms with E-state index in [4.69, 9.17) is 5.73 Å². The molecular formula is C19H24Cl2N4O2. The molecule has 8 heteroatoms. The second-order valence-corrected chi connectivity index (χ2v) is 6.77. The maximum Gasteiger partial charge on any atom is 0.257 e. The summed E-state index contributed by atoms with van der Waals surface area (Å²) in [5.74, 6) is -0.288. The average Bonchev–Trinajstić information content (AvgIpc) is 3.05. The number of halogens is 2. The molecule has 0 bridgehead atoms. The van der Waals surface area contributed by atoms with Crippen molar-refractivity contribution in [3.63, 3.8) is 0 Å². The molecule has 1 aromatic carbocycles. The highest BCUT2D eigenvalue weighted by atomic mass is 35.5. The van der Waals surface area contributed by atoms with Crippen molar-refractivity contribution in [2.75, 3.05) is 25.0 Å². The first kappa shape index (κ1) is 22.9. The molecule has 1 unspecified atom stereocenters. The molecule has 1 aromatic heterocycles. The molecule has 1 aliphatic rings. The van der Waals surface area contributed by atoms with E-state index in [1.54, 1.807) is 42.6 Å². The summed E-state index contributed by atoms with van der Waals surface area (Å²) < 4.78 is 0. The Hall–Kier alpha value is -2.15. The second-order valence-electron chi connectivity index (χ2n) is 6.77. The lowest BCUT2D eigenvalue weighted by Crippen LogP contribution is -2.34. The number of carbonyl (C=O) groups excluding carboxylic acids is 2. The van der Waals surface area contributed by atoms with E-state index < -0.39 is 0 Å². The van der Waals surface area contributed by atoms with Crippen LogP contribution >= 0.6 is 24.8 Å².